The maximum absolute atomic E-state index is 5.93. The van der Waals surface area contributed by atoms with Gasteiger partial charge in [0.2, 0.25) is 0 Å². The van der Waals surface area contributed by atoms with Crippen molar-refractivity contribution in [1.82, 2.24) is 5.16 Å². The number of halogens is 1. The third kappa shape index (κ3) is 4.70. The van der Waals surface area contributed by atoms with Crippen molar-refractivity contribution < 1.29 is 9.26 Å². The smallest absolute Gasteiger partial charge is 0.193 e. The number of rotatable bonds is 5. The molecule has 2 rings (SSSR count). The number of nitrogens with two attached hydrogens (primary N) is 1. The van der Waals surface area contributed by atoms with E-state index in [0.717, 1.165) is 28.3 Å². The molecule has 0 unspecified atom stereocenters. The maximum Gasteiger partial charge on any atom is 0.193 e. The number of ether oxygens (including phenoxy) is 1. The maximum atomic E-state index is 5.93. The topological polar surface area (TPSA) is 85.7 Å². The summed E-state index contributed by atoms with van der Waals surface area (Å²) in [4.78, 5) is 4.33. The van der Waals surface area contributed by atoms with Gasteiger partial charge >= 0.3 is 0 Å². The number of hydrogen-bond donors (Lipinski definition) is 2. The van der Waals surface area contributed by atoms with Gasteiger partial charge in [0.15, 0.2) is 5.96 Å². The fourth-order valence-corrected chi connectivity index (χ4v) is 1.99. The molecule has 0 aliphatic heterocycles. The molecular weight excluding hydrogens is 395 g/mol. The Hall–Kier alpha value is -1.61. The van der Waals surface area contributed by atoms with E-state index in [4.69, 9.17) is 15.0 Å². The number of nitrogens with one attached hydrogen (secondary N) is 1. The van der Waals surface area contributed by atoms with Gasteiger partial charge < -0.3 is 20.3 Å². The summed E-state index contributed by atoms with van der Waals surface area (Å²) in [6, 6.07) is 7.81. The summed E-state index contributed by atoms with van der Waals surface area (Å²) in [6.45, 7) is 4.70. The molecule has 0 saturated carbocycles. The van der Waals surface area contributed by atoms with Gasteiger partial charge in [-0.05, 0) is 19.9 Å². The van der Waals surface area contributed by atoms with Gasteiger partial charge in [-0.2, -0.15) is 0 Å². The number of methoxy groups -OCH3 is 1. The Balaban J connectivity index is 0.00000242. The van der Waals surface area contributed by atoms with Crippen LogP contribution >= 0.6 is 24.0 Å². The average Bonchev–Trinajstić information content (AvgIpc) is 2.78. The summed E-state index contributed by atoms with van der Waals surface area (Å²) in [5.74, 6) is 1.11. The van der Waals surface area contributed by atoms with E-state index < -0.39 is 0 Å². The van der Waals surface area contributed by atoms with E-state index in [2.05, 4.69) is 15.5 Å². The van der Waals surface area contributed by atoms with Crippen molar-refractivity contribution in [1.29, 1.82) is 0 Å². The number of benzene rings is 1. The summed E-state index contributed by atoms with van der Waals surface area (Å²) < 4.78 is 10.3. The van der Waals surface area contributed by atoms with Gasteiger partial charge in [0.1, 0.15) is 5.76 Å². The molecule has 7 heteroatoms. The molecule has 0 spiro atoms. The zero-order valence-corrected chi connectivity index (χ0v) is 15.3. The van der Waals surface area contributed by atoms with Crippen LogP contribution < -0.4 is 11.1 Å². The van der Waals surface area contributed by atoms with Crippen LogP contribution in [0, 0.1) is 13.8 Å². The molecule has 3 N–H and O–H groups in total. The predicted molar refractivity (Wildman–Crippen MR) is 97.5 cm³/mol. The van der Waals surface area contributed by atoms with E-state index >= 15 is 0 Å². The molecule has 0 atom stereocenters. The Morgan fingerprint density at radius 3 is 2.73 bits per heavy atom. The number of aliphatic imine (C=N–C) groups is 1. The predicted octanol–water partition coefficient (Wildman–Crippen LogP) is 2.98. The van der Waals surface area contributed by atoms with Gasteiger partial charge in [0.25, 0.3) is 0 Å². The highest BCUT2D eigenvalue weighted by molar-refractivity contribution is 14.0. The lowest BCUT2D eigenvalue weighted by atomic mass is 10.2. The summed E-state index contributed by atoms with van der Waals surface area (Å²) in [7, 11) is 1.66. The van der Waals surface area contributed by atoms with Crippen molar-refractivity contribution in [3.05, 3.63) is 46.8 Å². The highest BCUT2D eigenvalue weighted by Gasteiger charge is 2.08. The van der Waals surface area contributed by atoms with Gasteiger partial charge in [-0.1, -0.05) is 23.4 Å². The van der Waals surface area contributed by atoms with Crippen LogP contribution in [0.2, 0.25) is 0 Å². The van der Waals surface area contributed by atoms with Crippen molar-refractivity contribution >= 4 is 35.6 Å². The highest BCUT2D eigenvalue weighted by Crippen LogP contribution is 2.16. The van der Waals surface area contributed by atoms with Crippen LogP contribution in [-0.2, 0) is 17.9 Å². The van der Waals surface area contributed by atoms with Crippen molar-refractivity contribution in [3.63, 3.8) is 0 Å². The van der Waals surface area contributed by atoms with Crippen LogP contribution in [-0.4, -0.2) is 18.2 Å². The van der Waals surface area contributed by atoms with E-state index in [-0.39, 0.29) is 24.0 Å². The standard InChI is InChI=1S/C15H20N4O2.HI/c1-10-13(11(2)21-19-10)8-17-15(16)18-14-7-5-4-6-12(14)9-20-3;/h4-7H,8-9H2,1-3H3,(H3,16,17,18);1H. The van der Waals surface area contributed by atoms with Crippen LogP contribution in [0.5, 0.6) is 0 Å². The summed E-state index contributed by atoms with van der Waals surface area (Å²) >= 11 is 0. The summed E-state index contributed by atoms with van der Waals surface area (Å²) in [5, 5.41) is 6.99. The fraction of sp³-hybridized carbons (Fsp3) is 0.333. The second-order valence-electron chi connectivity index (χ2n) is 4.72. The quantitative estimate of drug-likeness (QED) is 0.445. The van der Waals surface area contributed by atoms with Crippen LogP contribution in [0.25, 0.3) is 0 Å². The van der Waals surface area contributed by atoms with Crippen molar-refractivity contribution in [3.8, 4) is 0 Å². The van der Waals surface area contributed by atoms with Gasteiger partial charge in [0, 0.05) is 23.9 Å². The number of hydrogen-bond acceptors (Lipinski definition) is 4. The van der Waals surface area contributed by atoms with E-state index in [1.165, 1.54) is 0 Å². The van der Waals surface area contributed by atoms with Crippen molar-refractivity contribution in [2.24, 2.45) is 10.7 Å². The molecule has 0 aliphatic carbocycles. The Kier molecular flexibility index (Phi) is 7.33. The molecular formula is C15H21IN4O2. The molecule has 6 nitrogen and oxygen atoms in total. The second-order valence-corrected chi connectivity index (χ2v) is 4.72. The number of guanidine groups is 1. The minimum absolute atomic E-state index is 0. The first-order chi connectivity index (χ1) is 10.1. The van der Waals surface area contributed by atoms with Crippen LogP contribution in [0.15, 0.2) is 33.8 Å². The zero-order chi connectivity index (χ0) is 15.2. The van der Waals surface area contributed by atoms with Crippen LogP contribution in [0.1, 0.15) is 22.6 Å². The zero-order valence-electron chi connectivity index (χ0n) is 12.9. The van der Waals surface area contributed by atoms with Crippen molar-refractivity contribution in [2.45, 2.75) is 27.0 Å². The Bertz CT molecular complexity index is 621. The lowest BCUT2D eigenvalue weighted by molar-refractivity contribution is 0.185. The molecule has 0 amide bonds. The van der Waals surface area contributed by atoms with Gasteiger partial charge in [0.05, 0.1) is 18.8 Å². The van der Waals surface area contributed by atoms with E-state index in [9.17, 15) is 0 Å². The number of aryl methyl sites for hydroxylation is 2. The first-order valence-electron chi connectivity index (χ1n) is 6.67. The SMILES string of the molecule is COCc1ccccc1NC(N)=NCc1c(C)noc1C.I. The molecule has 0 saturated heterocycles. The highest BCUT2D eigenvalue weighted by atomic mass is 127. The summed E-state index contributed by atoms with van der Waals surface area (Å²) in [5.41, 5.74) is 9.65. The molecule has 120 valence electrons. The van der Waals surface area contributed by atoms with Crippen molar-refractivity contribution in [2.75, 3.05) is 12.4 Å². The normalized spacial score (nSPS) is 11.1. The van der Waals surface area contributed by atoms with Crippen LogP contribution in [0.3, 0.4) is 0 Å². The number of para-hydroxylation sites is 1. The average molecular weight is 416 g/mol. The van der Waals surface area contributed by atoms with Gasteiger partial charge in [-0.3, -0.25) is 0 Å². The fourth-order valence-electron chi connectivity index (χ4n) is 1.99. The number of aromatic nitrogens is 1. The molecule has 0 aliphatic rings. The Morgan fingerprint density at radius 2 is 2.09 bits per heavy atom. The molecule has 2 aromatic rings. The number of anilines is 1. The molecule has 1 aromatic carbocycles. The first kappa shape index (κ1) is 18.4. The molecule has 0 bridgehead atoms. The van der Waals surface area contributed by atoms with E-state index in [1.54, 1.807) is 7.11 Å². The third-order valence-electron chi connectivity index (χ3n) is 3.17. The first-order valence-corrected chi connectivity index (χ1v) is 6.67. The monoisotopic (exact) mass is 416 g/mol. The van der Waals surface area contributed by atoms with E-state index in [0.29, 0.717) is 19.1 Å². The van der Waals surface area contributed by atoms with Gasteiger partial charge in [-0.15, -0.1) is 24.0 Å². The summed E-state index contributed by atoms with van der Waals surface area (Å²) in [6.07, 6.45) is 0. The molecule has 0 fully saturated rings. The molecule has 0 radical (unpaired) electrons. The minimum Gasteiger partial charge on any atom is -0.380 e. The lowest BCUT2D eigenvalue weighted by Gasteiger charge is -2.10. The minimum atomic E-state index is 0. The largest absolute Gasteiger partial charge is 0.380 e. The van der Waals surface area contributed by atoms with Crippen LogP contribution in [0.4, 0.5) is 5.69 Å². The molecule has 22 heavy (non-hydrogen) atoms. The lowest BCUT2D eigenvalue weighted by Crippen LogP contribution is -2.23. The Morgan fingerprint density at radius 1 is 1.36 bits per heavy atom. The number of nitrogens with zero attached hydrogens (tertiary/aromatic N) is 2. The molecule has 1 heterocycles. The second kappa shape index (κ2) is 8.74. The van der Waals surface area contributed by atoms with Gasteiger partial charge in [-0.25, -0.2) is 4.99 Å². The Labute approximate surface area is 147 Å². The van der Waals surface area contributed by atoms with E-state index in [1.807, 2.05) is 38.1 Å². The molecule has 1 aromatic heterocycles. The third-order valence-corrected chi connectivity index (χ3v) is 3.17.